The first kappa shape index (κ1) is 23.1. The van der Waals surface area contributed by atoms with Crippen molar-refractivity contribution in [1.82, 2.24) is 10.6 Å². The second-order valence-corrected chi connectivity index (χ2v) is 11.2. The van der Waals surface area contributed by atoms with Crippen molar-refractivity contribution >= 4 is 11.9 Å². The van der Waals surface area contributed by atoms with Crippen LogP contribution >= 0.6 is 0 Å². The Morgan fingerprint density at radius 2 is 1.47 bits per heavy atom. The van der Waals surface area contributed by atoms with Crippen molar-refractivity contribution in [2.24, 2.45) is 0 Å². The third-order valence-corrected chi connectivity index (χ3v) is 7.88. The van der Waals surface area contributed by atoms with E-state index in [2.05, 4.69) is 57.4 Å². The minimum absolute atomic E-state index is 0.0866. The lowest BCUT2D eigenvalue weighted by Crippen LogP contribution is -2.36. The van der Waals surface area contributed by atoms with Crippen molar-refractivity contribution in [3.63, 3.8) is 0 Å². The molecule has 2 aliphatic heterocycles. The molecule has 0 saturated carbocycles. The fourth-order valence-corrected chi connectivity index (χ4v) is 5.67. The van der Waals surface area contributed by atoms with Gasteiger partial charge in [0.15, 0.2) is 0 Å². The molecule has 2 fully saturated rings. The maximum atomic E-state index is 11.9. The number of amides is 3. The molecule has 3 aliphatic rings. The van der Waals surface area contributed by atoms with E-state index in [1.807, 2.05) is 24.3 Å². The Balaban J connectivity index is 1.53. The fraction of sp³-hybridized carbons (Fsp3) is 0.500. The van der Waals surface area contributed by atoms with E-state index in [-0.39, 0.29) is 16.7 Å². The van der Waals surface area contributed by atoms with E-state index < -0.39 is 17.9 Å². The topological polar surface area (TPSA) is 76.7 Å². The molecule has 2 saturated heterocycles. The first-order chi connectivity index (χ1) is 16.0. The van der Waals surface area contributed by atoms with Gasteiger partial charge in [0.25, 0.3) is 5.91 Å². The van der Waals surface area contributed by atoms with Crippen molar-refractivity contribution in [2.45, 2.75) is 76.5 Å². The van der Waals surface area contributed by atoms with Crippen LogP contribution in [0.4, 0.5) is 4.79 Å². The molecule has 1 unspecified atom stereocenters. The fourth-order valence-electron chi connectivity index (χ4n) is 5.67. The zero-order valence-electron chi connectivity index (χ0n) is 20.7. The molecule has 1 atom stereocenters. The quantitative estimate of drug-likeness (QED) is 0.663. The highest BCUT2D eigenvalue weighted by Gasteiger charge is 2.45. The summed E-state index contributed by atoms with van der Waals surface area (Å²) in [6.45, 7) is 12.5. The monoisotopic (exact) mass is 462 g/mol. The summed E-state index contributed by atoms with van der Waals surface area (Å²) in [5.74, 6) is -1.24. The Kier molecular flexibility index (Phi) is 5.37. The van der Waals surface area contributed by atoms with E-state index in [0.717, 1.165) is 23.1 Å². The van der Waals surface area contributed by atoms with Crippen LogP contribution in [0.2, 0.25) is 0 Å². The Morgan fingerprint density at radius 3 is 2.03 bits per heavy atom. The molecule has 2 heterocycles. The molecule has 180 valence electrons. The molecular weight excluding hydrogens is 428 g/mol. The molecular formula is C28H34N2O4. The van der Waals surface area contributed by atoms with Gasteiger partial charge in [-0.05, 0) is 58.9 Å². The SMILES string of the molecule is Cc1cc2c(cc1C1(c3ccc(CC4NC(=O)NC4=O)cc3)OCCO1)C(C)(C)CCC2(C)C. The summed E-state index contributed by atoms with van der Waals surface area (Å²) < 4.78 is 12.7. The van der Waals surface area contributed by atoms with Gasteiger partial charge in [-0.1, -0.05) is 58.0 Å². The lowest BCUT2D eigenvalue weighted by Gasteiger charge is -2.43. The predicted molar refractivity (Wildman–Crippen MR) is 130 cm³/mol. The van der Waals surface area contributed by atoms with Crippen LogP contribution in [0.3, 0.4) is 0 Å². The predicted octanol–water partition coefficient (Wildman–Crippen LogP) is 4.34. The Labute approximate surface area is 201 Å². The number of hydrogen-bond acceptors (Lipinski definition) is 4. The summed E-state index contributed by atoms with van der Waals surface area (Å²) >= 11 is 0. The summed E-state index contributed by atoms with van der Waals surface area (Å²) in [6.07, 6.45) is 2.75. The molecule has 6 nitrogen and oxygen atoms in total. The summed E-state index contributed by atoms with van der Waals surface area (Å²) in [6, 6.07) is 11.7. The summed E-state index contributed by atoms with van der Waals surface area (Å²) in [5.41, 5.74) is 7.15. The molecule has 2 aromatic carbocycles. The number of benzene rings is 2. The molecule has 5 rings (SSSR count). The van der Waals surface area contributed by atoms with E-state index in [4.69, 9.17) is 9.47 Å². The van der Waals surface area contributed by atoms with E-state index in [1.165, 1.54) is 23.1 Å². The number of carbonyl (C=O) groups excluding carboxylic acids is 2. The molecule has 0 aromatic heterocycles. The number of hydrogen-bond donors (Lipinski definition) is 2. The van der Waals surface area contributed by atoms with Crippen LogP contribution in [-0.2, 0) is 37.3 Å². The molecule has 2 N–H and O–H groups in total. The van der Waals surface area contributed by atoms with Gasteiger partial charge in [0.05, 0.1) is 13.2 Å². The van der Waals surface area contributed by atoms with Crippen LogP contribution < -0.4 is 10.6 Å². The number of aryl methyl sites for hydroxylation is 1. The number of rotatable bonds is 4. The van der Waals surface area contributed by atoms with Crippen molar-refractivity contribution in [1.29, 1.82) is 0 Å². The third-order valence-electron chi connectivity index (χ3n) is 7.88. The minimum atomic E-state index is -0.950. The Morgan fingerprint density at radius 1 is 0.882 bits per heavy atom. The number of imide groups is 1. The van der Waals surface area contributed by atoms with Crippen LogP contribution in [0.25, 0.3) is 0 Å². The van der Waals surface area contributed by atoms with Crippen LogP contribution in [-0.4, -0.2) is 31.2 Å². The second-order valence-electron chi connectivity index (χ2n) is 11.2. The highest BCUT2D eigenvalue weighted by Crippen LogP contribution is 2.49. The van der Waals surface area contributed by atoms with Gasteiger partial charge >= 0.3 is 6.03 Å². The van der Waals surface area contributed by atoms with Crippen molar-refractivity contribution in [3.05, 3.63) is 69.8 Å². The maximum absolute atomic E-state index is 11.9. The average Bonchev–Trinajstić information content (AvgIpc) is 3.39. The molecule has 6 heteroatoms. The van der Waals surface area contributed by atoms with E-state index in [9.17, 15) is 9.59 Å². The molecule has 2 aromatic rings. The van der Waals surface area contributed by atoms with Crippen LogP contribution in [0.1, 0.15) is 73.9 Å². The Bertz CT molecular complexity index is 1140. The van der Waals surface area contributed by atoms with Crippen LogP contribution in [0.15, 0.2) is 36.4 Å². The smallest absolute Gasteiger partial charge is 0.322 e. The summed E-state index contributed by atoms with van der Waals surface area (Å²) in [5, 5.41) is 4.94. The molecule has 1 aliphatic carbocycles. The van der Waals surface area contributed by atoms with Gasteiger partial charge in [0.2, 0.25) is 5.79 Å². The lowest BCUT2D eigenvalue weighted by atomic mass is 9.62. The lowest BCUT2D eigenvalue weighted by molar-refractivity contribution is -0.130. The van der Waals surface area contributed by atoms with Crippen molar-refractivity contribution < 1.29 is 19.1 Å². The normalized spacial score (nSPS) is 24.4. The van der Waals surface area contributed by atoms with Crippen LogP contribution in [0.5, 0.6) is 0 Å². The van der Waals surface area contributed by atoms with Crippen molar-refractivity contribution in [2.75, 3.05) is 13.2 Å². The second kappa shape index (κ2) is 7.92. The number of nitrogens with one attached hydrogen (secondary N) is 2. The maximum Gasteiger partial charge on any atom is 0.322 e. The summed E-state index contributed by atoms with van der Waals surface area (Å²) in [4.78, 5) is 23.3. The van der Waals surface area contributed by atoms with Gasteiger partial charge < -0.3 is 14.8 Å². The number of fused-ring (bicyclic) bond motifs is 1. The van der Waals surface area contributed by atoms with E-state index in [0.29, 0.717) is 19.6 Å². The molecule has 34 heavy (non-hydrogen) atoms. The standard InChI is InChI=1S/C28H34N2O4/c1-17-14-21-22(27(4,5)11-10-26(21,2)3)16-20(17)28(33-12-13-34-28)19-8-6-18(7-9-19)15-23-24(31)30-25(32)29-23/h6-9,14,16,23H,10-13,15H2,1-5H3,(H2,29,30,31,32). The number of ether oxygens (including phenoxy) is 2. The molecule has 3 amide bonds. The minimum Gasteiger partial charge on any atom is -0.340 e. The molecule has 0 spiro atoms. The number of carbonyl (C=O) groups is 2. The first-order valence-electron chi connectivity index (χ1n) is 12.2. The number of urea groups is 1. The van der Waals surface area contributed by atoms with E-state index >= 15 is 0 Å². The summed E-state index contributed by atoms with van der Waals surface area (Å²) in [7, 11) is 0. The van der Waals surface area contributed by atoms with Gasteiger partial charge in [0.1, 0.15) is 6.04 Å². The largest absolute Gasteiger partial charge is 0.340 e. The van der Waals surface area contributed by atoms with Gasteiger partial charge in [-0.15, -0.1) is 0 Å². The van der Waals surface area contributed by atoms with Gasteiger partial charge in [-0.3, -0.25) is 10.1 Å². The average molecular weight is 463 g/mol. The Hall–Kier alpha value is -2.70. The zero-order valence-corrected chi connectivity index (χ0v) is 20.7. The van der Waals surface area contributed by atoms with Gasteiger partial charge in [-0.25, -0.2) is 4.79 Å². The highest BCUT2D eigenvalue weighted by molar-refractivity contribution is 6.04. The zero-order chi connectivity index (χ0) is 24.3. The molecule has 0 radical (unpaired) electrons. The van der Waals surface area contributed by atoms with Crippen LogP contribution in [0, 0.1) is 6.92 Å². The van der Waals surface area contributed by atoms with Gasteiger partial charge in [0, 0.05) is 17.5 Å². The first-order valence-corrected chi connectivity index (χ1v) is 12.2. The van der Waals surface area contributed by atoms with Crippen molar-refractivity contribution in [3.8, 4) is 0 Å². The molecule has 0 bridgehead atoms. The third kappa shape index (κ3) is 3.73. The highest BCUT2D eigenvalue weighted by atomic mass is 16.7. The van der Waals surface area contributed by atoms with Gasteiger partial charge in [-0.2, -0.15) is 0 Å². The van der Waals surface area contributed by atoms with E-state index in [1.54, 1.807) is 0 Å².